The molecule has 5 nitrogen and oxygen atoms in total. The van der Waals surface area contributed by atoms with Gasteiger partial charge in [0.25, 0.3) is 5.91 Å². The van der Waals surface area contributed by atoms with Crippen molar-refractivity contribution in [3.63, 3.8) is 0 Å². The van der Waals surface area contributed by atoms with E-state index in [2.05, 4.69) is 22.0 Å². The number of benzene rings is 1. The zero-order valence-corrected chi connectivity index (χ0v) is 18.8. The number of rotatable bonds is 4. The van der Waals surface area contributed by atoms with Gasteiger partial charge in [-0.3, -0.25) is 9.69 Å². The summed E-state index contributed by atoms with van der Waals surface area (Å²) in [6.07, 6.45) is 9.13. The van der Waals surface area contributed by atoms with Crippen molar-refractivity contribution < 1.29 is 4.79 Å². The molecular weight excluding hydrogens is 416 g/mol. The third-order valence-electron chi connectivity index (χ3n) is 5.44. The van der Waals surface area contributed by atoms with E-state index in [1.807, 2.05) is 43.3 Å². The predicted octanol–water partition coefficient (Wildman–Crippen LogP) is 5.74. The Labute approximate surface area is 186 Å². The van der Waals surface area contributed by atoms with Gasteiger partial charge < -0.3 is 4.90 Å². The molecule has 0 spiro atoms. The molecule has 1 aromatic heterocycles. The first-order chi connectivity index (χ1) is 14.5. The quantitative estimate of drug-likeness (QED) is 0.449. The number of aliphatic imine (C=N–C) groups is 1. The van der Waals surface area contributed by atoms with E-state index in [0.29, 0.717) is 20.9 Å². The molecule has 1 saturated carbocycles. The lowest BCUT2D eigenvalue weighted by Crippen LogP contribution is -2.40. The Morgan fingerprint density at radius 1 is 1.17 bits per heavy atom. The molecule has 4 rings (SSSR count). The van der Waals surface area contributed by atoms with E-state index >= 15 is 0 Å². The van der Waals surface area contributed by atoms with Gasteiger partial charge in [-0.2, -0.15) is 0 Å². The lowest BCUT2D eigenvalue weighted by Gasteiger charge is -2.30. The van der Waals surface area contributed by atoms with Crippen LogP contribution in [0, 0.1) is 0 Å². The molecule has 1 saturated heterocycles. The molecule has 0 N–H and O–H groups in total. The van der Waals surface area contributed by atoms with Crippen LogP contribution in [0.3, 0.4) is 0 Å². The fraction of sp³-hybridized carbons (Fsp3) is 0.348. The molecule has 1 aliphatic carbocycles. The van der Waals surface area contributed by atoms with Gasteiger partial charge in [-0.05, 0) is 60.5 Å². The number of amidine groups is 1. The fourth-order valence-electron chi connectivity index (χ4n) is 3.81. The van der Waals surface area contributed by atoms with Crippen LogP contribution in [0.5, 0.6) is 0 Å². The average Bonchev–Trinajstić information content (AvgIpc) is 3.05. The van der Waals surface area contributed by atoms with E-state index in [1.165, 1.54) is 18.2 Å². The molecule has 0 unspecified atom stereocenters. The first kappa shape index (κ1) is 20.9. The van der Waals surface area contributed by atoms with Gasteiger partial charge in [-0.1, -0.05) is 43.0 Å². The lowest BCUT2D eigenvalue weighted by molar-refractivity contribution is -0.124. The Hall–Kier alpha value is -2.31. The number of halogens is 1. The molecule has 2 aromatic rings. The van der Waals surface area contributed by atoms with Crippen molar-refractivity contribution >= 4 is 51.9 Å². The molecule has 7 heteroatoms. The number of nitrogens with zero attached hydrogens (tertiary/aromatic N) is 4. The number of carbonyl (C=O) groups excluding carboxylic acids is 1. The van der Waals surface area contributed by atoms with Crippen LogP contribution >= 0.6 is 23.4 Å². The van der Waals surface area contributed by atoms with Crippen molar-refractivity contribution in [2.24, 2.45) is 4.99 Å². The van der Waals surface area contributed by atoms with Gasteiger partial charge in [-0.15, -0.1) is 0 Å². The van der Waals surface area contributed by atoms with Crippen molar-refractivity contribution in [2.45, 2.75) is 38.1 Å². The zero-order chi connectivity index (χ0) is 21.1. The standard InChI is InChI=1S/C23H25ClN4OS/c1-27(2)17-12-10-16(11-13-17)15-20-22(29)28(18-7-4-3-5-8-18)23(30-20)26-19-9-6-14-25-21(19)24/h6,9-15,18H,3-5,7-8H2,1-2H3/b20-15-,26-23?. The summed E-state index contributed by atoms with van der Waals surface area (Å²) in [6, 6.07) is 12.0. The zero-order valence-electron chi connectivity index (χ0n) is 17.2. The highest BCUT2D eigenvalue weighted by molar-refractivity contribution is 8.18. The van der Waals surface area contributed by atoms with E-state index in [1.54, 1.807) is 12.3 Å². The molecule has 30 heavy (non-hydrogen) atoms. The molecule has 1 aromatic carbocycles. The summed E-state index contributed by atoms with van der Waals surface area (Å²) >= 11 is 7.65. The molecule has 2 fully saturated rings. The summed E-state index contributed by atoms with van der Waals surface area (Å²) in [5, 5.41) is 1.04. The number of carbonyl (C=O) groups is 1. The number of amides is 1. The lowest BCUT2D eigenvalue weighted by atomic mass is 9.94. The summed E-state index contributed by atoms with van der Waals surface area (Å²) < 4.78 is 0. The maximum absolute atomic E-state index is 13.4. The van der Waals surface area contributed by atoms with Crippen LogP contribution in [0.1, 0.15) is 37.7 Å². The van der Waals surface area contributed by atoms with Crippen molar-refractivity contribution in [1.29, 1.82) is 0 Å². The summed E-state index contributed by atoms with van der Waals surface area (Å²) in [6.45, 7) is 0. The maximum atomic E-state index is 13.4. The molecular formula is C23H25ClN4OS. The third kappa shape index (κ3) is 4.55. The van der Waals surface area contributed by atoms with Gasteiger partial charge in [-0.25, -0.2) is 9.98 Å². The van der Waals surface area contributed by atoms with Crippen LogP contribution < -0.4 is 4.90 Å². The minimum Gasteiger partial charge on any atom is -0.378 e. The maximum Gasteiger partial charge on any atom is 0.267 e. The summed E-state index contributed by atoms with van der Waals surface area (Å²) in [4.78, 5) is 26.8. The summed E-state index contributed by atoms with van der Waals surface area (Å²) in [5.74, 6) is 0.0300. The van der Waals surface area contributed by atoms with Crippen molar-refractivity contribution in [3.8, 4) is 0 Å². The second-order valence-electron chi connectivity index (χ2n) is 7.77. The van der Waals surface area contributed by atoms with Crippen LogP contribution in [-0.2, 0) is 4.79 Å². The van der Waals surface area contributed by atoms with E-state index in [4.69, 9.17) is 16.6 Å². The Balaban J connectivity index is 1.68. The second kappa shape index (κ2) is 9.23. The van der Waals surface area contributed by atoms with Gasteiger partial charge in [0, 0.05) is 32.0 Å². The molecule has 0 atom stereocenters. The Bertz CT molecular complexity index is 981. The van der Waals surface area contributed by atoms with E-state index in [0.717, 1.165) is 36.9 Å². The number of aromatic nitrogens is 1. The molecule has 0 radical (unpaired) electrons. The first-order valence-corrected chi connectivity index (χ1v) is 11.4. The van der Waals surface area contributed by atoms with Crippen molar-refractivity contribution in [3.05, 3.63) is 58.2 Å². The molecule has 0 bridgehead atoms. The van der Waals surface area contributed by atoms with Gasteiger partial charge in [0.1, 0.15) is 5.69 Å². The number of hydrogen-bond acceptors (Lipinski definition) is 5. The third-order valence-corrected chi connectivity index (χ3v) is 6.71. The minimum absolute atomic E-state index is 0.0300. The molecule has 2 aliphatic rings. The van der Waals surface area contributed by atoms with Crippen molar-refractivity contribution in [2.75, 3.05) is 19.0 Å². The Morgan fingerprint density at radius 2 is 1.90 bits per heavy atom. The van der Waals surface area contributed by atoms with Crippen LogP contribution in [0.25, 0.3) is 6.08 Å². The average molecular weight is 441 g/mol. The Morgan fingerprint density at radius 3 is 2.57 bits per heavy atom. The number of pyridine rings is 1. The fourth-order valence-corrected chi connectivity index (χ4v) is 5.02. The van der Waals surface area contributed by atoms with Gasteiger partial charge >= 0.3 is 0 Å². The van der Waals surface area contributed by atoms with Gasteiger partial charge in [0.2, 0.25) is 0 Å². The molecule has 1 amide bonds. The highest BCUT2D eigenvalue weighted by atomic mass is 35.5. The monoisotopic (exact) mass is 440 g/mol. The number of anilines is 1. The van der Waals surface area contributed by atoms with E-state index in [-0.39, 0.29) is 11.9 Å². The number of hydrogen-bond donors (Lipinski definition) is 0. The van der Waals surface area contributed by atoms with E-state index in [9.17, 15) is 4.79 Å². The molecule has 1 aliphatic heterocycles. The van der Waals surface area contributed by atoms with E-state index < -0.39 is 0 Å². The van der Waals surface area contributed by atoms with Crippen LogP contribution in [-0.4, -0.2) is 41.1 Å². The molecule has 2 heterocycles. The smallest absolute Gasteiger partial charge is 0.267 e. The van der Waals surface area contributed by atoms with Crippen LogP contribution in [0.4, 0.5) is 11.4 Å². The van der Waals surface area contributed by atoms with Gasteiger partial charge in [0.15, 0.2) is 10.3 Å². The number of thioether (sulfide) groups is 1. The summed E-state index contributed by atoms with van der Waals surface area (Å²) in [5.41, 5.74) is 2.72. The highest BCUT2D eigenvalue weighted by Crippen LogP contribution is 2.39. The largest absolute Gasteiger partial charge is 0.378 e. The van der Waals surface area contributed by atoms with Crippen molar-refractivity contribution in [1.82, 2.24) is 9.88 Å². The van der Waals surface area contributed by atoms with Crippen LogP contribution in [0.2, 0.25) is 5.15 Å². The second-order valence-corrected chi connectivity index (χ2v) is 9.14. The summed E-state index contributed by atoms with van der Waals surface area (Å²) in [7, 11) is 4.02. The molecule has 156 valence electrons. The highest BCUT2D eigenvalue weighted by Gasteiger charge is 2.38. The predicted molar refractivity (Wildman–Crippen MR) is 126 cm³/mol. The Kier molecular flexibility index (Phi) is 6.44. The SMILES string of the molecule is CN(C)c1ccc(/C=C2\SC(=Nc3cccnc3Cl)N(C3CCCCC3)C2=O)cc1. The minimum atomic E-state index is 0.0300. The normalized spacial score (nSPS) is 20.4. The first-order valence-electron chi connectivity index (χ1n) is 10.2. The van der Waals surface area contributed by atoms with Crippen LogP contribution in [0.15, 0.2) is 52.5 Å². The van der Waals surface area contributed by atoms with Gasteiger partial charge in [0.05, 0.1) is 4.91 Å². The topological polar surface area (TPSA) is 48.8 Å².